The second-order valence-corrected chi connectivity index (χ2v) is 6.70. The van der Waals surface area contributed by atoms with Gasteiger partial charge in [-0.25, -0.2) is 4.79 Å². The van der Waals surface area contributed by atoms with Gasteiger partial charge in [-0.1, -0.05) is 42.5 Å². The van der Waals surface area contributed by atoms with E-state index in [9.17, 15) is 24.5 Å². The van der Waals surface area contributed by atoms with E-state index in [-0.39, 0.29) is 23.6 Å². The first kappa shape index (κ1) is 19.8. The maximum absolute atomic E-state index is 12.8. The number of furan rings is 1. The lowest BCUT2D eigenvalue weighted by atomic mass is 10.1. The summed E-state index contributed by atoms with van der Waals surface area (Å²) in [6, 6.07) is 17.1. The molecule has 1 fully saturated rings. The molecule has 1 aromatic heterocycles. The molecule has 2 heterocycles. The number of non-ortho nitro benzene ring substituents is 1. The average molecular weight is 417 g/mol. The van der Waals surface area contributed by atoms with Gasteiger partial charge in [-0.2, -0.15) is 0 Å². The number of hydrogen-bond donors (Lipinski definition) is 1. The van der Waals surface area contributed by atoms with Crippen LogP contribution in [-0.2, 0) is 16.1 Å². The van der Waals surface area contributed by atoms with Crippen LogP contribution in [0.2, 0.25) is 0 Å². The maximum atomic E-state index is 12.8. The smallest absolute Gasteiger partial charge is 0.331 e. The van der Waals surface area contributed by atoms with Crippen molar-refractivity contribution in [2.45, 2.75) is 6.54 Å². The minimum Gasteiger partial charge on any atom is -0.457 e. The Morgan fingerprint density at radius 3 is 2.52 bits per heavy atom. The molecule has 4 amide bonds. The van der Waals surface area contributed by atoms with Gasteiger partial charge in [0.1, 0.15) is 17.1 Å². The first-order valence-electron chi connectivity index (χ1n) is 9.20. The number of carbonyl (C=O) groups is 3. The quantitative estimate of drug-likeness (QED) is 0.293. The lowest BCUT2D eigenvalue weighted by Gasteiger charge is -2.26. The van der Waals surface area contributed by atoms with Crippen LogP contribution in [0, 0.1) is 10.1 Å². The highest BCUT2D eigenvalue weighted by molar-refractivity contribution is 6.30. The number of carbonyl (C=O) groups excluding carboxylic acids is 3. The van der Waals surface area contributed by atoms with Crippen molar-refractivity contribution < 1.29 is 23.7 Å². The summed E-state index contributed by atoms with van der Waals surface area (Å²) in [5.74, 6) is -1.05. The molecule has 154 valence electrons. The van der Waals surface area contributed by atoms with Crippen LogP contribution < -0.4 is 5.32 Å². The Morgan fingerprint density at radius 2 is 1.77 bits per heavy atom. The monoisotopic (exact) mass is 417 g/mol. The lowest BCUT2D eigenvalue weighted by molar-refractivity contribution is -0.384. The maximum Gasteiger partial charge on any atom is 0.331 e. The normalized spacial score (nSPS) is 15.3. The second kappa shape index (κ2) is 8.07. The molecule has 9 heteroatoms. The molecule has 0 aliphatic carbocycles. The molecule has 0 bridgehead atoms. The summed E-state index contributed by atoms with van der Waals surface area (Å²) in [5.41, 5.74) is 0.853. The highest BCUT2D eigenvalue weighted by Crippen LogP contribution is 2.27. The van der Waals surface area contributed by atoms with Crippen LogP contribution in [0.4, 0.5) is 10.5 Å². The van der Waals surface area contributed by atoms with E-state index in [0.29, 0.717) is 11.3 Å². The number of nitro benzene ring substituents is 1. The SMILES string of the molecule is O=C1NC(=O)N(Cc2ccccc2)C(=O)C1=Cc1ccc(-c2cccc([N+](=O)[O-])c2)o1. The summed E-state index contributed by atoms with van der Waals surface area (Å²) >= 11 is 0. The third kappa shape index (κ3) is 4.10. The number of nitro groups is 1. The molecule has 0 saturated carbocycles. The molecule has 1 saturated heterocycles. The van der Waals surface area contributed by atoms with Gasteiger partial charge >= 0.3 is 6.03 Å². The van der Waals surface area contributed by atoms with Gasteiger partial charge in [-0.15, -0.1) is 0 Å². The van der Waals surface area contributed by atoms with Crippen molar-refractivity contribution in [3.05, 3.63) is 93.7 Å². The summed E-state index contributed by atoms with van der Waals surface area (Å²) in [6.45, 7) is 0.00716. The zero-order valence-corrected chi connectivity index (χ0v) is 16.0. The first-order valence-corrected chi connectivity index (χ1v) is 9.20. The Labute approximate surface area is 175 Å². The molecule has 4 rings (SSSR count). The Hall–Kier alpha value is -4.53. The number of benzene rings is 2. The largest absolute Gasteiger partial charge is 0.457 e. The number of amides is 4. The number of barbiturate groups is 1. The van der Waals surface area contributed by atoms with Gasteiger partial charge < -0.3 is 4.42 Å². The fraction of sp³-hybridized carbons (Fsp3) is 0.0455. The van der Waals surface area contributed by atoms with E-state index < -0.39 is 22.8 Å². The summed E-state index contributed by atoms with van der Waals surface area (Å²) in [6.07, 6.45) is 1.24. The summed E-state index contributed by atoms with van der Waals surface area (Å²) in [4.78, 5) is 48.6. The standard InChI is InChI=1S/C22H15N3O6/c26-20-18(21(27)24(22(28)23-20)13-14-5-2-1-3-6-14)12-17-9-10-19(31-17)15-7-4-8-16(11-15)25(29)30/h1-12H,13H2,(H,23,26,28). The van der Waals surface area contributed by atoms with Crippen molar-refractivity contribution in [1.82, 2.24) is 10.2 Å². The number of nitrogens with zero attached hydrogens (tertiary/aromatic N) is 2. The second-order valence-electron chi connectivity index (χ2n) is 6.70. The Morgan fingerprint density at radius 1 is 1.00 bits per heavy atom. The van der Waals surface area contributed by atoms with Gasteiger partial charge in [0.15, 0.2) is 0 Å². The van der Waals surface area contributed by atoms with E-state index >= 15 is 0 Å². The van der Waals surface area contributed by atoms with Crippen LogP contribution in [0.5, 0.6) is 0 Å². The number of imide groups is 2. The fourth-order valence-electron chi connectivity index (χ4n) is 3.10. The molecule has 9 nitrogen and oxygen atoms in total. The summed E-state index contributed by atoms with van der Waals surface area (Å²) in [7, 11) is 0. The number of hydrogen-bond acceptors (Lipinski definition) is 6. The van der Waals surface area contributed by atoms with Crippen LogP contribution in [0.25, 0.3) is 17.4 Å². The summed E-state index contributed by atoms with van der Waals surface area (Å²) in [5, 5.41) is 13.1. The minimum atomic E-state index is -0.826. The molecule has 0 radical (unpaired) electrons. The minimum absolute atomic E-state index is 0.00716. The van der Waals surface area contributed by atoms with Crippen molar-refractivity contribution in [3.8, 4) is 11.3 Å². The molecule has 1 N–H and O–H groups in total. The van der Waals surface area contributed by atoms with Gasteiger partial charge in [0, 0.05) is 17.7 Å². The van der Waals surface area contributed by atoms with E-state index in [1.54, 1.807) is 36.4 Å². The topological polar surface area (TPSA) is 123 Å². The molecule has 1 aliphatic rings. The van der Waals surface area contributed by atoms with Crippen LogP contribution in [0.15, 0.2) is 76.7 Å². The molecule has 0 spiro atoms. The third-order valence-corrected chi connectivity index (χ3v) is 4.62. The average Bonchev–Trinajstić information content (AvgIpc) is 3.24. The van der Waals surface area contributed by atoms with E-state index in [1.165, 1.54) is 30.3 Å². The van der Waals surface area contributed by atoms with Crippen molar-refractivity contribution in [2.75, 3.05) is 0 Å². The van der Waals surface area contributed by atoms with Crippen molar-refractivity contribution in [2.24, 2.45) is 0 Å². The zero-order valence-electron chi connectivity index (χ0n) is 16.0. The Kier molecular flexibility index (Phi) is 5.15. The Balaban J connectivity index is 1.61. The van der Waals surface area contributed by atoms with Crippen LogP contribution in [-0.4, -0.2) is 27.7 Å². The Bertz CT molecular complexity index is 1230. The van der Waals surface area contributed by atoms with Crippen LogP contribution in [0.3, 0.4) is 0 Å². The lowest BCUT2D eigenvalue weighted by Crippen LogP contribution is -2.53. The molecule has 0 unspecified atom stereocenters. The van der Waals surface area contributed by atoms with Crippen molar-refractivity contribution >= 4 is 29.6 Å². The van der Waals surface area contributed by atoms with Crippen LogP contribution >= 0.6 is 0 Å². The van der Waals surface area contributed by atoms with Crippen molar-refractivity contribution in [3.63, 3.8) is 0 Å². The predicted molar refractivity (Wildman–Crippen MR) is 109 cm³/mol. The van der Waals surface area contributed by atoms with E-state index in [4.69, 9.17) is 4.42 Å². The van der Waals surface area contributed by atoms with Crippen molar-refractivity contribution in [1.29, 1.82) is 0 Å². The molecule has 0 atom stereocenters. The molecule has 31 heavy (non-hydrogen) atoms. The molecule has 2 aromatic carbocycles. The summed E-state index contributed by atoms with van der Waals surface area (Å²) < 4.78 is 5.65. The zero-order chi connectivity index (χ0) is 22.0. The van der Waals surface area contributed by atoms with Gasteiger partial charge in [-0.3, -0.25) is 29.9 Å². The number of nitrogens with one attached hydrogen (secondary N) is 1. The van der Waals surface area contributed by atoms with Gasteiger partial charge in [0.2, 0.25) is 0 Å². The van der Waals surface area contributed by atoms with E-state index in [0.717, 1.165) is 10.5 Å². The number of rotatable bonds is 5. The van der Waals surface area contributed by atoms with Gasteiger partial charge in [0.25, 0.3) is 17.5 Å². The molecule has 1 aliphatic heterocycles. The van der Waals surface area contributed by atoms with Gasteiger partial charge in [-0.05, 0) is 23.8 Å². The molecular weight excluding hydrogens is 402 g/mol. The van der Waals surface area contributed by atoms with E-state index in [1.807, 2.05) is 6.07 Å². The highest BCUT2D eigenvalue weighted by atomic mass is 16.6. The van der Waals surface area contributed by atoms with Gasteiger partial charge in [0.05, 0.1) is 11.5 Å². The van der Waals surface area contributed by atoms with Crippen LogP contribution in [0.1, 0.15) is 11.3 Å². The predicted octanol–water partition coefficient (Wildman–Crippen LogP) is 3.52. The van der Waals surface area contributed by atoms with E-state index in [2.05, 4.69) is 5.32 Å². The molecular formula is C22H15N3O6. The first-order chi connectivity index (χ1) is 14.9. The third-order valence-electron chi connectivity index (χ3n) is 4.62. The fourth-order valence-corrected chi connectivity index (χ4v) is 3.10. The molecule has 3 aromatic rings. The highest BCUT2D eigenvalue weighted by Gasteiger charge is 2.35. The number of urea groups is 1.